The number of halogens is 3. The van der Waals surface area contributed by atoms with Crippen LogP contribution in [0, 0.1) is 0 Å². The number of pyridine rings is 1. The van der Waals surface area contributed by atoms with Gasteiger partial charge in [0.15, 0.2) is 0 Å². The van der Waals surface area contributed by atoms with E-state index < -0.39 is 18.6 Å². The first-order valence-corrected chi connectivity index (χ1v) is 6.30. The van der Waals surface area contributed by atoms with E-state index in [-0.39, 0.29) is 17.4 Å². The zero-order valence-corrected chi connectivity index (χ0v) is 12.2. The van der Waals surface area contributed by atoms with Crippen molar-refractivity contribution in [1.29, 1.82) is 0 Å². The molecule has 0 saturated carbocycles. The van der Waals surface area contributed by atoms with Gasteiger partial charge in [0.25, 0.3) is 5.91 Å². The Morgan fingerprint density at radius 1 is 1.30 bits per heavy atom. The number of ether oxygens (including phenoxy) is 2. The summed E-state index contributed by atoms with van der Waals surface area (Å²) < 4.78 is 47.6. The van der Waals surface area contributed by atoms with Gasteiger partial charge in [0.2, 0.25) is 5.88 Å². The van der Waals surface area contributed by atoms with Crippen molar-refractivity contribution in [1.82, 2.24) is 14.5 Å². The van der Waals surface area contributed by atoms with Crippen molar-refractivity contribution < 1.29 is 27.4 Å². The minimum Gasteiger partial charge on any atom is -0.496 e. The molecule has 2 heterocycles. The third kappa shape index (κ3) is 4.59. The number of imidazole rings is 1. The first kappa shape index (κ1) is 16.6. The number of rotatable bonds is 5. The molecule has 0 unspecified atom stereocenters. The van der Waals surface area contributed by atoms with Gasteiger partial charge in [-0.05, 0) is 0 Å². The number of carbonyl (C=O) groups excluding carboxylic acids is 1. The summed E-state index contributed by atoms with van der Waals surface area (Å²) in [7, 11) is 2.82. The van der Waals surface area contributed by atoms with E-state index in [1.165, 1.54) is 26.4 Å². The van der Waals surface area contributed by atoms with Crippen LogP contribution in [0.3, 0.4) is 0 Å². The summed E-state index contributed by atoms with van der Waals surface area (Å²) >= 11 is 0. The van der Waals surface area contributed by atoms with Gasteiger partial charge in [-0.3, -0.25) is 4.79 Å². The van der Waals surface area contributed by atoms with Gasteiger partial charge in [0.05, 0.1) is 20.5 Å². The number of nitrogens with one attached hydrogen (secondary N) is 1. The van der Waals surface area contributed by atoms with Crippen molar-refractivity contribution >= 4 is 11.7 Å². The molecule has 7 nitrogen and oxygen atoms in total. The van der Waals surface area contributed by atoms with Crippen LogP contribution in [0.4, 0.5) is 19.0 Å². The summed E-state index contributed by atoms with van der Waals surface area (Å²) in [5, 5.41) is 2.42. The van der Waals surface area contributed by atoms with Gasteiger partial charge in [-0.25, -0.2) is 4.98 Å². The Morgan fingerprint density at radius 2 is 2.04 bits per heavy atom. The molecule has 124 valence electrons. The molecule has 2 aromatic rings. The van der Waals surface area contributed by atoms with Crippen LogP contribution in [-0.4, -0.2) is 40.8 Å². The molecule has 0 saturated heterocycles. The molecule has 0 aliphatic rings. The highest BCUT2D eigenvalue weighted by Crippen LogP contribution is 2.22. The summed E-state index contributed by atoms with van der Waals surface area (Å²) in [6, 6.07) is 2.95. The van der Waals surface area contributed by atoms with E-state index in [1.807, 2.05) is 0 Å². The summed E-state index contributed by atoms with van der Waals surface area (Å²) in [5.41, 5.74) is -0.169. The Hall–Kier alpha value is -2.78. The zero-order chi connectivity index (χ0) is 17.0. The molecule has 0 atom stereocenters. The molecule has 10 heteroatoms. The molecule has 1 amide bonds. The van der Waals surface area contributed by atoms with E-state index in [2.05, 4.69) is 15.3 Å². The molecule has 0 bridgehead atoms. The third-order valence-corrected chi connectivity index (χ3v) is 2.69. The van der Waals surface area contributed by atoms with Crippen molar-refractivity contribution in [3.63, 3.8) is 0 Å². The van der Waals surface area contributed by atoms with Crippen LogP contribution >= 0.6 is 0 Å². The number of anilines is 1. The Balaban J connectivity index is 2.13. The number of hydrogen-bond acceptors (Lipinski definition) is 5. The van der Waals surface area contributed by atoms with E-state index in [0.717, 1.165) is 17.1 Å². The van der Waals surface area contributed by atoms with E-state index in [0.29, 0.717) is 5.75 Å². The maximum atomic E-state index is 12.3. The molecule has 23 heavy (non-hydrogen) atoms. The highest BCUT2D eigenvalue weighted by molar-refractivity contribution is 6.02. The second kappa shape index (κ2) is 6.55. The van der Waals surface area contributed by atoms with Crippen molar-refractivity contribution in [2.24, 2.45) is 0 Å². The minimum absolute atomic E-state index is 0.122. The van der Waals surface area contributed by atoms with Gasteiger partial charge in [-0.1, -0.05) is 0 Å². The lowest BCUT2D eigenvalue weighted by Crippen LogP contribution is -2.17. The van der Waals surface area contributed by atoms with Gasteiger partial charge in [0.1, 0.15) is 23.8 Å². The monoisotopic (exact) mass is 330 g/mol. The lowest BCUT2D eigenvalue weighted by atomic mass is 10.4. The predicted molar refractivity (Wildman–Crippen MR) is 73.6 cm³/mol. The lowest BCUT2D eigenvalue weighted by molar-refractivity contribution is -0.140. The number of nitrogens with zero attached hydrogens (tertiary/aromatic N) is 3. The fourth-order valence-electron chi connectivity index (χ4n) is 1.72. The van der Waals surface area contributed by atoms with E-state index in [1.54, 1.807) is 0 Å². The van der Waals surface area contributed by atoms with Gasteiger partial charge in [-0.2, -0.15) is 18.2 Å². The van der Waals surface area contributed by atoms with E-state index >= 15 is 0 Å². The first-order chi connectivity index (χ1) is 10.8. The Labute approximate surface area is 129 Å². The number of hydrogen-bond donors (Lipinski definition) is 1. The minimum atomic E-state index is -4.39. The van der Waals surface area contributed by atoms with Gasteiger partial charge < -0.3 is 19.4 Å². The van der Waals surface area contributed by atoms with Crippen LogP contribution in [0.5, 0.6) is 11.6 Å². The van der Waals surface area contributed by atoms with Crippen LogP contribution < -0.4 is 14.8 Å². The molecule has 1 N–H and O–H groups in total. The van der Waals surface area contributed by atoms with Crippen LogP contribution in [-0.2, 0) is 6.54 Å². The average molecular weight is 330 g/mol. The SMILES string of the molecule is COc1cc(NC(=O)c2cn(CC(F)(F)F)cn2)nc(OC)c1. The quantitative estimate of drug-likeness (QED) is 0.908. The maximum Gasteiger partial charge on any atom is 0.406 e. The molecular weight excluding hydrogens is 317 g/mol. The molecule has 2 rings (SSSR count). The molecule has 0 radical (unpaired) electrons. The zero-order valence-electron chi connectivity index (χ0n) is 12.2. The van der Waals surface area contributed by atoms with Crippen molar-refractivity contribution in [3.05, 3.63) is 30.4 Å². The first-order valence-electron chi connectivity index (χ1n) is 6.30. The largest absolute Gasteiger partial charge is 0.496 e. The predicted octanol–water partition coefficient (Wildman–Crippen LogP) is 2.11. The fraction of sp³-hybridized carbons (Fsp3) is 0.308. The smallest absolute Gasteiger partial charge is 0.406 e. The Morgan fingerprint density at radius 3 is 2.65 bits per heavy atom. The summed E-state index contributed by atoms with van der Waals surface area (Å²) in [5.74, 6) is 0.0299. The Bertz CT molecular complexity index is 678. The van der Waals surface area contributed by atoms with E-state index in [9.17, 15) is 18.0 Å². The molecule has 0 spiro atoms. The number of aromatic nitrogens is 3. The lowest BCUT2D eigenvalue weighted by Gasteiger charge is -2.08. The van der Waals surface area contributed by atoms with Crippen molar-refractivity contribution in [3.8, 4) is 11.6 Å². The summed E-state index contributed by atoms with van der Waals surface area (Å²) in [4.78, 5) is 19.6. The standard InChI is InChI=1S/C13H13F3N4O3/c1-22-8-3-10(18-11(4-8)23-2)19-12(21)9-5-20(7-17-9)6-13(14,15)16/h3-5,7H,6H2,1-2H3,(H,18,19,21). The van der Waals surface area contributed by atoms with Gasteiger partial charge in [0, 0.05) is 18.3 Å². The van der Waals surface area contributed by atoms with E-state index in [4.69, 9.17) is 9.47 Å². The van der Waals surface area contributed by atoms with Crippen molar-refractivity contribution in [2.45, 2.75) is 12.7 Å². The molecular formula is C13H13F3N4O3. The number of methoxy groups -OCH3 is 2. The third-order valence-electron chi connectivity index (χ3n) is 2.69. The molecule has 0 fully saturated rings. The second-order valence-corrected chi connectivity index (χ2v) is 4.44. The van der Waals surface area contributed by atoms with Gasteiger partial charge in [-0.15, -0.1) is 0 Å². The summed E-state index contributed by atoms with van der Waals surface area (Å²) in [6.07, 6.45) is -2.46. The topological polar surface area (TPSA) is 78.3 Å². The Kier molecular flexibility index (Phi) is 4.72. The molecule has 0 aliphatic heterocycles. The maximum absolute atomic E-state index is 12.3. The highest BCUT2D eigenvalue weighted by Gasteiger charge is 2.28. The number of amides is 1. The van der Waals surface area contributed by atoms with Gasteiger partial charge >= 0.3 is 6.18 Å². The molecule has 0 aliphatic carbocycles. The van der Waals surface area contributed by atoms with Crippen LogP contribution in [0.2, 0.25) is 0 Å². The van der Waals surface area contributed by atoms with Crippen molar-refractivity contribution in [2.75, 3.05) is 19.5 Å². The average Bonchev–Trinajstić information content (AvgIpc) is 2.93. The van der Waals surface area contributed by atoms with Crippen LogP contribution in [0.25, 0.3) is 0 Å². The van der Waals surface area contributed by atoms with Crippen LogP contribution in [0.1, 0.15) is 10.5 Å². The summed E-state index contributed by atoms with van der Waals surface area (Å²) in [6.45, 7) is -1.22. The number of carbonyl (C=O) groups is 1. The fourth-order valence-corrected chi connectivity index (χ4v) is 1.72. The van der Waals surface area contributed by atoms with Crippen LogP contribution in [0.15, 0.2) is 24.7 Å². The number of alkyl halides is 3. The highest BCUT2D eigenvalue weighted by atomic mass is 19.4. The second-order valence-electron chi connectivity index (χ2n) is 4.44. The normalized spacial score (nSPS) is 11.2. The molecule has 2 aromatic heterocycles. The molecule has 0 aromatic carbocycles.